The van der Waals surface area contributed by atoms with Crippen molar-refractivity contribution in [3.63, 3.8) is 0 Å². The van der Waals surface area contributed by atoms with Gasteiger partial charge in [0, 0.05) is 24.8 Å². The summed E-state index contributed by atoms with van der Waals surface area (Å²) in [5.74, 6) is 1.49. The molecule has 2 N–H and O–H groups in total. The second-order valence-electron chi connectivity index (χ2n) is 5.60. The fourth-order valence-corrected chi connectivity index (χ4v) is 3.45. The second kappa shape index (κ2) is 5.74. The van der Waals surface area contributed by atoms with Gasteiger partial charge in [-0.25, -0.2) is 4.98 Å². The van der Waals surface area contributed by atoms with Gasteiger partial charge in [-0.2, -0.15) is 0 Å². The van der Waals surface area contributed by atoms with Crippen LogP contribution in [0.3, 0.4) is 0 Å². The van der Waals surface area contributed by atoms with E-state index in [1.165, 1.54) is 38.2 Å². The Balaban J connectivity index is 1.82. The van der Waals surface area contributed by atoms with Crippen LogP contribution in [0.5, 0.6) is 0 Å². The van der Waals surface area contributed by atoms with Gasteiger partial charge in [0.2, 0.25) is 5.95 Å². The first-order valence-electron chi connectivity index (χ1n) is 7.37. The number of nitrogens with one attached hydrogen (secondary N) is 2. The zero-order chi connectivity index (χ0) is 13.1. The molecule has 19 heavy (non-hydrogen) atoms. The van der Waals surface area contributed by atoms with Gasteiger partial charge in [-0.3, -0.25) is 9.78 Å². The molecular weight excluding hydrogens is 240 g/mol. The number of H-pyrrole nitrogens is 1. The number of piperidine rings is 2. The molecule has 0 bridgehead atoms. The Morgan fingerprint density at radius 2 is 2.05 bits per heavy atom. The Hall–Kier alpha value is -1.36. The van der Waals surface area contributed by atoms with Crippen molar-refractivity contribution in [1.29, 1.82) is 0 Å². The molecule has 1 aromatic heterocycles. The highest BCUT2D eigenvalue weighted by molar-refractivity contribution is 5.31. The van der Waals surface area contributed by atoms with E-state index in [0.717, 1.165) is 31.5 Å². The van der Waals surface area contributed by atoms with Crippen molar-refractivity contribution < 1.29 is 0 Å². The standard InChI is InChI=1S/C14H22N4O/c19-13-6-9-16-14(17-13)18-10-2-1-3-12(18)11-4-7-15-8-5-11/h6,9,11-12,15H,1-5,7-8,10H2,(H,16,17,19). The topological polar surface area (TPSA) is 61.0 Å². The van der Waals surface area contributed by atoms with E-state index in [-0.39, 0.29) is 5.56 Å². The lowest BCUT2D eigenvalue weighted by Crippen LogP contribution is -2.48. The lowest BCUT2D eigenvalue weighted by Gasteiger charge is -2.42. The number of anilines is 1. The molecule has 0 radical (unpaired) electrons. The van der Waals surface area contributed by atoms with Gasteiger partial charge in [0.05, 0.1) is 0 Å². The molecule has 2 aliphatic heterocycles. The molecule has 2 fully saturated rings. The maximum absolute atomic E-state index is 11.5. The van der Waals surface area contributed by atoms with Crippen LogP contribution in [0, 0.1) is 5.92 Å². The minimum atomic E-state index is -0.0559. The van der Waals surface area contributed by atoms with Crippen LogP contribution in [-0.2, 0) is 0 Å². The van der Waals surface area contributed by atoms with Gasteiger partial charge in [-0.1, -0.05) is 0 Å². The van der Waals surface area contributed by atoms with Crippen LogP contribution in [0.2, 0.25) is 0 Å². The molecule has 0 amide bonds. The Kier molecular flexibility index (Phi) is 3.82. The molecule has 1 aromatic rings. The van der Waals surface area contributed by atoms with Gasteiger partial charge in [0.25, 0.3) is 5.56 Å². The highest BCUT2D eigenvalue weighted by Crippen LogP contribution is 2.30. The smallest absolute Gasteiger partial charge is 0.252 e. The molecule has 5 nitrogen and oxygen atoms in total. The monoisotopic (exact) mass is 262 g/mol. The van der Waals surface area contributed by atoms with Gasteiger partial charge < -0.3 is 10.2 Å². The van der Waals surface area contributed by atoms with Crippen LogP contribution < -0.4 is 15.8 Å². The quantitative estimate of drug-likeness (QED) is 0.838. The summed E-state index contributed by atoms with van der Waals surface area (Å²) in [6.45, 7) is 3.25. The third-order valence-electron chi connectivity index (χ3n) is 4.41. The van der Waals surface area contributed by atoms with Crippen molar-refractivity contribution in [1.82, 2.24) is 15.3 Å². The Bertz CT molecular complexity index is 467. The Morgan fingerprint density at radius 3 is 2.84 bits per heavy atom. The zero-order valence-corrected chi connectivity index (χ0v) is 11.3. The first kappa shape index (κ1) is 12.7. The lowest BCUT2D eigenvalue weighted by molar-refractivity contribution is 0.271. The maximum atomic E-state index is 11.5. The molecular formula is C14H22N4O. The maximum Gasteiger partial charge on any atom is 0.252 e. The summed E-state index contributed by atoms with van der Waals surface area (Å²) in [6, 6.07) is 2.02. The Labute approximate surface area is 113 Å². The number of aromatic amines is 1. The summed E-state index contributed by atoms with van der Waals surface area (Å²) in [5, 5.41) is 3.43. The van der Waals surface area contributed by atoms with Gasteiger partial charge in [0.1, 0.15) is 0 Å². The lowest BCUT2D eigenvalue weighted by atomic mass is 9.84. The average Bonchev–Trinajstić information content (AvgIpc) is 2.48. The van der Waals surface area contributed by atoms with Crippen molar-refractivity contribution in [3.8, 4) is 0 Å². The summed E-state index contributed by atoms with van der Waals surface area (Å²) in [5.41, 5.74) is -0.0559. The summed E-state index contributed by atoms with van der Waals surface area (Å²) < 4.78 is 0. The van der Waals surface area contributed by atoms with Gasteiger partial charge in [0.15, 0.2) is 0 Å². The first-order chi connectivity index (χ1) is 9.34. The van der Waals surface area contributed by atoms with Crippen molar-refractivity contribution in [2.24, 2.45) is 5.92 Å². The van der Waals surface area contributed by atoms with E-state index in [2.05, 4.69) is 20.2 Å². The third kappa shape index (κ3) is 2.81. The molecule has 3 rings (SSSR count). The van der Waals surface area contributed by atoms with Crippen LogP contribution in [0.25, 0.3) is 0 Å². The molecule has 3 heterocycles. The number of hydrogen-bond acceptors (Lipinski definition) is 4. The summed E-state index contributed by atoms with van der Waals surface area (Å²) in [6.07, 6.45) is 7.80. The van der Waals surface area contributed by atoms with Crippen molar-refractivity contribution >= 4 is 5.95 Å². The van der Waals surface area contributed by atoms with Crippen LogP contribution >= 0.6 is 0 Å². The molecule has 0 spiro atoms. The van der Waals surface area contributed by atoms with Crippen LogP contribution in [0.15, 0.2) is 17.1 Å². The highest BCUT2D eigenvalue weighted by Gasteiger charge is 2.31. The predicted molar refractivity (Wildman–Crippen MR) is 75.4 cm³/mol. The minimum Gasteiger partial charge on any atom is -0.339 e. The molecule has 0 aromatic carbocycles. The first-order valence-corrected chi connectivity index (χ1v) is 7.37. The van der Waals surface area contributed by atoms with E-state index >= 15 is 0 Å². The number of aromatic nitrogens is 2. The van der Waals surface area contributed by atoms with E-state index in [4.69, 9.17) is 0 Å². The Morgan fingerprint density at radius 1 is 1.21 bits per heavy atom. The number of nitrogens with zero attached hydrogens (tertiary/aromatic N) is 2. The summed E-state index contributed by atoms with van der Waals surface area (Å²) in [4.78, 5) is 21.1. The van der Waals surface area contributed by atoms with E-state index in [1.54, 1.807) is 6.20 Å². The van der Waals surface area contributed by atoms with Crippen molar-refractivity contribution in [2.75, 3.05) is 24.5 Å². The second-order valence-corrected chi connectivity index (χ2v) is 5.60. The molecule has 5 heteroatoms. The van der Waals surface area contributed by atoms with E-state index < -0.39 is 0 Å². The fraction of sp³-hybridized carbons (Fsp3) is 0.714. The molecule has 0 aliphatic carbocycles. The normalized spacial score (nSPS) is 25.5. The fourth-order valence-electron chi connectivity index (χ4n) is 3.45. The SMILES string of the molecule is O=c1ccnc(N2CCCCC2C2CCNCC2)[nH]1. The van der Waals surface area contributed by atoms with Gasteiger partial charge in [-0.15, -0.1) is 0 Å². The van der Waals surface area contributed by atoms with Crippen molar-refractivity contribution in [2.45, 2.75) is 38.1 Å². The number of rotatable bonds is 2. The number of hydrogen-bond donors (Lipinski definition) is 2. The highest BCUT2D eigenvalue weighted by atomic mass is 16.1. The van der Waals surface area contributed by atoms with Crippen LogP contribution in [-0.4, -0.2) is 35.6 Å². The molecule has 1 unspecified atom stereocenters. The third-order valence-corrected chi connectivity index (χ3v) is 4.41. The molecule has 2 aliphatic rings. The predicted octanol–water partition coefficient (Wildman–Crippen LogP) is 1.13. The summed E-state index contributed by atoms with van der Waals surface area (Å²) >= 11 is 0. The largest absolute Gasteiger partial charge is 0.339 e. The van der Waals surface area contributed by atoms with Gasteiger partial charge >= 0.3 is 0 Å². The summed E-state index contributed by atoms with van der Waals surface area (Å²) in [7, 11) is 0. The minimum absolute atomic E-state index is 0.0559. The zero-order valence-electron chi connectivity index (χ0n) is 11.3. The van der Waals surface area contributed by atoms with Crippen LogP contribution in [0.1, 0.15) is 32.1 Å². The molecule has 104 valence electrons. The van der Waals surface area contributed by atoms with Crippen LogP contribution in [0.4, 0.5) is 5.95 Å². The van der Waals surface area contributed by atoms with Crippen molar-refractivity contribution in [3.05, 3.63) is 22.6 Å². The molecule has 1 atom stereocenters. The molecule has 2 saturated heterocycles. The van der Waals surface area contributed by atoms with E-state index in [1.807, 2.05) is 0 Å². The van der Waals surface area contributed by atoms with E-state index in [0.29, 0.717) is 6.04 Å². The van der Waals surface area contributed by atoms with E-state index in [9.17, 15) is 4.79 Å². The molecule has 0 saturated carbocycles. The van der Waals surface area contributed by atoms with Gasteiger partial charge in [-0.05, 0) is 51.1 Å². The average molecular weight is 262 g/mol.